The molecule has 0 unspecified atom stereocenters. The molecule has 26 heavy (non-hydrogen) atoms. The number of carbonyl (C=O) groups is 1. The van der Waals surface area contributed by atoms with Crippen molar-refractivity contribution in [1.82, 2.24) is 10.3 Å². The topological polar surface area (TPSA) is 42.0 Å². The van der Waals surface area contributed by atoms with E-state index in [1.54, 1.807) is 24.3 Å². The number of pyridine rings is 1. The van der Waals surface area contributed by atoms with Gasteiger partial charge in [0.1, 0.15) is 0 Å². The maximum atomic E-state index is 12.8. The lowest BCUT2D eigenvalue weighted by atomic mass is 10.1. The summed E-state index contributed by atoms with van der Waals surface area (Å²) >= 11 is 0. The molecule has 0 atom stereocenters. The first-order chi connectivity index (χ1) is 12.4. The highest BCUT2D eigenvalue weighted by atomic mass is 19.4. The molecule has 3 nitrogen and oxygen atoms in total. The zero-order chi connectivity index (χ0) is 18.6. The highest BCUT2D eigenvalue weighted by molar-refractivity contribution is 5.94. The molecule has 1 amide bonds. The molecule has 1 N–H and O–H groups in total. The van der Waals surface area contributed by atoms with Gasteiger partial charge >= 0.3 is 6.18 Å². The Kier molecular flexibility index (Phi) is 5.02. The van der Waals surface area contributed by atoms with Crippen LogP contribution in [-0.4, -0.2) is 10.9 Å². The fraction of sp³-hybridized carbons (Fsp3) is 0.100. The maximum absolute atomic E-state index is 12.8. The van der Waals surface area contributed by atoms with Gasteiger partial charge in [0.25, 0.3) is 5.91 Å². The third kappa shape index (κ3) is 4.27. The number of amides is 1. The van der Waals surface area contributed by atoms with E-state index >= 15 is 0 Å². The first-order valence-electron chi connectivity index (χ1n) is 7.89. The van der Waals surface area contributed by atoms with Crippen molar-refractivity contribution in [3.8, 4) is 11.3 Å². The standard InChI is InChI=1S/C20H15F3N2O/c21-20(22,23)17-10-11-24-18(12-17)15-6-8-16(9-7-15)19(26)25-13-14-4-2-1-3-5-14/h1-12H,13H2,(H,25,26). The molecule has 0 spiro atoms. The molecule has 0 bridgehead atoms. The van der Waals surface area contributed by atoms with E-state index in [0.717, 1.165) is 23.9 Å². The average molecular weight is 356 g/mol. The number of hydrogen-bond acceptors (Lipinski definition) is 2. The Bertz CT molecular complexity index is 891. The molecule has 0 saturated heterocycles. The molecule has 132 valence electrons. The lowest BCUT2D eigenvalue weighted by Crippen LogP contribution is -2.22. The Morgan fingerprint density at radius 2 is 1.65 bits per heavy atom. The predicted molar refractivity (Wildman–Crippen MR) is 92.3 cm³/mol. The summed E-state index contributed by atoms with van der Waals surface area (Å²) in [5.41, 5.74) is 1.36. The van der Waals surface area contributed by atoms with E-state index in [9.17, 15) is 18.0 Å². The summed E-state index contributed by atoms with van der Waals surface area (Å²) in [5.74, 6) is -0.252. The van der Waals surface area contributed by atoms with E-state index in [-0.39, 0.29) is 11.6 Å². The zero-order valence-corrected chi connectivity index (χ0v) is 13.6. The number of benzene rings is 2. The molecule has 3 rings (SSSR count). The summed E-state index contributed by atoms with van der Waals surface area (Å²) < 4.78 is 38.4. The minimum atomic E-state index is -4.42. The van der Waals surface area contributed by atoms with Crippen LogP contribution in [0.2, 0.25) is 0 Å². The van der Waals surface area contributed by atoms with Gasteiger partial charge in [0.2, 0.25) is 0 Å². The Morgan fingerprint density at radius 3 is 2.31 bits per heavy atom. The first kappa shape index (κ1) is 17.7. The summed E-state index contributed by atoms with van der Waals surface area (Å²) in [6.45, 7) is 0.399. The SMILES string of the molecule is O=C(NCc1ccccc1)c1ccc(-c2cc(C(F)(F)F)ccn2)cc1. The smallest absolute Gasteiger partial charge is 0.348 e. The van der Waals surface area contributed by atoms with Gasteiger partial charge in [-0.1, -0.05) is 42.5 Å². The van der Waals surface area contributed by atoms with Gasteiger partial charge in [0.15, 0.2) is 0 Å². The Labute approximate surface area is 148 Å². The van der Waals surface area contributed by atoms with Crippen LogP contribution in [0.15, 0.2) is 72.9 Å². The molecule has 3 aromatic rings. The molecule has 0 aliphatic heterocycles. The highest BCUT2D eigenvalue weighted by Gasteiger charge is 2.30. The van der Waals surface area contributed by atoms with Crippen LogP contribution in [0.3, 0.4) is 0 Å². The molecule has 1 aromatic heterocycles. The molecular weight excluding hydrogens is 341 g/mol. The molecule has 0 radical (unpaired) electrons. The number of nitrogens with one attached hydrogen (secondary N) is 1. The first-order valence-corrected chi connectivity index (χ1v) is 7.89. The van der Waals surface area contributed by atoms with Crippen LogP contribution in [0.1, 0.15) is 21.5 Å². The second-order valence-corrected chi connectivity index (χ2v) is 5.67. The molecule has 1 heterocycles. The molecule has 6 heteroatoms. The maximum Gasteiger partial charge on any atom is 0.416 e. The van der Waals surface area contributed by atoms with E-state index in [1.165, 1.54) is 0 Å². The lowest BCUT2D eigenvalue weighted by Gasteiger charge is -2.09. The largest absolute Gasteiger partial charge is 0.416 e. The minimum Gasteiger partial charge on any atom is -0.348 e. The number of alkyl halides is 3. The summed E-state index contributed by atoms with van der Waals surface area (Å²) in [6.07, 6.45) is -3.30. The highest BCUT2D eigenvalue weighted by Crippen LogP contribution is 2.31. The number of rotatable bonds is 4. The molecular formula is C20H15F3N2O. The molecule has 0 saturated carbocycles. The average Bonchev–Trinajstić information content (AvgIpc) is 2.66. The monoisotopic (exact) mass is 356 g/mol. The number of carbonyl (C=O) groups excluding carboxylic acids is 1. The predicted octanol–water partition coefficient (Wildman–Crippen LogP) is 4.70. The van der Waals surface area contributed by atoms with E-state index in [1.807, 2.05) is 30.3 Å². The van der Waals surface area contributed by atoms with Crippen LogP contribution < -0.4 is 5.32 Å². The second kappa shape index (κ2) is 7.39. The van der Waals surface area contributed by atoms with Crippen molar-refractivity contribution in [2.24, 2.45) is 0 Å². The summed E-state index contributed by atoms with van der Waals surface area (Å²) in [4.78, 5) is 16.1. The van der Waals surface area contributed by atoms with Gasteiger partial charge in [-0.25, -0.2) is 0 Å². The van der Waals surface area contributed by atoms with E-state index in [4.69, 9.17) is 0 Å². The van der Waals surface area contributed by atoms with Crippen LogP contribution in [0.5, 0.6) is 0 Å². The van der Waals surface area contributed by atoms with Gasteiger partial charge in [-0.3, -0.25) is 9.78 Å². The Hall–Kier alpha value is -3.15. The van der Waals surface area contributed by atoms with E-state index in [2.05, 4.69) is 10.3 Å². The van der Waals surface area contributed by atoms with Crippen molar-refractivity contribution in [2.75, 3.05) is 0 Å². The summed E-state index contributed by atoms with van der Waals surface area (Å²) in [6, 6.07) is 17.7. The van der Waals surface area contributed by atoms with Crippen molar-refractivity contribution in [2.45, 2.75) is 12.7 Å². The molecule has 0 aliphatic rings. The third-order valence-corrected chi connectivity index (χ3v) is 3.83. The zero-order valence-electron chi connectivity index (χ0n) is 13.6. The Morgan fingerprint density at radius 1 is 0.962 bits per heavy atom. The lowest BCUT2D eigenvalue weighted by molar-refractivity contribution is -0.137. The Balaban J connectivity index is 1.71. The number of aromatic nitrogens is 1. The van der Waals surface area contributed by atoms with Gasteiger partial charge in [-0.2, -0.15) is 13.2 Å². The number of hydrogen-bond donors (Lipinski definition) is 1. The van der Waals surface area contributed by atoms with Gasteiger partial charge in [0, 0.05) is 23.9 Å². The van der Waals surface area contributed by atoms with Gasteiger partial charge < -0.3 is 5.32 Å². The van der Waals surface area contributed by atoms with Crippen molar-refractivity contribution in [3.05, 3.63) is 89.6 Å². The number of halogens is 3. The van der Waals surface area contributed by atoms with Crippen LogP contribution >= 0.6 is 0 Å². The van der Waals surface area contributed by atoms with Crippen molar-refractivity contribution in [1.29, 1.82) is 0 Å². The molecule has 0 aliphatic carbocycles. The van der Waals surface area contributed by atoms with Crippen LogP contribution in [0.4, 0.5) is 13.2 Å². The normalized spacial score (nSPS) is 11.2. The van der Waals surface area contributed by atoms with Crippen molar-refractivity contribution in [3.63, 3.8) is 0 Å². The number of nitrogens with zero attached hydrogens (tertiary/aromatic N) is 1. The van der Waals surface area contributed by atoms with Crippen LogP contribution in [-0.2, 0) is 12.7 Å². The summed E-state index contributed by atoms with van der Waals surface area (Å²) in [7, 11) is 0. The van der Waals surface area contributed by atoms with Crippen LogP contribution in [0, 0.1) is 0 Å². The minimum absolute atomic E-state index is 0.205. The van der Waals surface area contributed by atoms with Crippen molar-refractivity contribution < 1.29 is 18.0 Å². The third-order valence-electron chi connectivity index (χ3n) is 3.83. The van der Waals surface area contributed by atoms with Gasteiger partial charge in [-0.15, -0.1) is 0 Å². The molecule has 2 aromatic carbocycles. The fourth-order valence-electron chi connectivity index (χ4n) is 2.44. The van der Waals surface area contributed by atoms with Gasteiger partial charge in [-0.05, 0) is 29.8 Å². The quantitative estimate of drug-likeness (QED) is 0.736. The molecule has 0 fully saturated rings. The summed E-state index contributed by atoms with van der Waals surface area (Å²) in [5, 5.41) is 2.80. The van der Waals surface area contributed by atoms with Crippen LogP contribution in [0.25, 0.3) is 11.3 Å². The van der Waals surface area contributed by atoms with E-state index < -0.39 is 11.7 Å². The van der Waals surface area contributed by atoms with Gasteiger partial charge in [0.05, 0.1) is 11.3 Å². The van der Waals surface area contributed by atoms with Crippen molar-refractivity contribution >= 4 is 5.91 Å². The van der Waals surface area contributed by atoms with E-state index in [0.29, 0.717) is 17.7 Å². The second-order valence-electron chi connectivity index (χ2n) is 5.67. The fourth-order valence-corrected chi connectivity index (χ4v) is 2.44.